The van der Waals surface area contributed by atoms with Crippen LogP contribution in [0.4, 0.5) is 35.3 Å². The van der Waals surface area contributed by atoms with Gasteiger partial charge < -0.3 is 29.9 Å². The highest BCUT2D eigenvalue weighted by molar-refractivity contribution is 5.91. The van der Waals surface area contributed by atoms with Gasteiger partial charge in [-0.05, 0) is 80.0 Å². The number of rotatable bonds is 6. The highest BCUT2D eigenvalue weighted by atomic mass is 19.4. The lowest BCUT2D eigenvalue weighted by Crippen LogP contribution is -2.41. The fourth-order valence-corrected chi connectivity index (χ4v) is 5.67. The van der Waals surface area contributed by atoms with Gasteiger partial charge in [0.05, 0.1) is 13.2 Å². The Morgan fingerprint density at radius 2 is 1.80 bits per heavy atom. The molecule has 5 rings (SSSR count). The summed E-state index contributed by atoms with van der Waals surface area (Å²) in [5.41, 5.74) is 3.42. The van der Waals surface area contributed by atoms with Crippen LogP contribution in [0.15, 0.2) is 30.3 Å². The van der Waals surface area contributed by atoms with Crippen molar-refractivity contribution in [3.8, 4) is 11.1 Å². The average Bonchev–Trinajstić information content (AvgIpc) is 3.37. The van der Waals surface area contributed by atoms with Gasteiger partial charge in [-0.1, -0.05) is 6.07 Å². The van der Waals surface area contributed by atoms with Gasteiger partial charge in [0.2, 0.25) is 0 Å². The second-order valence-corrected chi connectivity index (χ2v) is 11.4. The molecule has 11 heteroatoms. The molecule has 0 spiro atoms. The van der Waals surface area contributed by atoms with E-state index in [1.165, 1.54) is 4.90 Å². The first kappa shape index (κ1) is 28.5. The molecule has 1 aromatic heterocycles. The molecule has 2 aromatic rings. The summed E-state index contributed by atoms with van der Waals surface area (Å²) in [5.74, 6) is 1.09. The number of carbonyl (C=O) groups is 1. The second kappa shape index (κ2) is 11.8. The van der Waals surface area contributed by atoms with Crippen molar-refractivity contribution in [1.82, 2.24) is 9.88 Å². The van der Waals surface area contributed by atoms with E-state index in [0.717, 1.165) is 54.3 Å². The van der Waals surface area contributed by atoms with Crippen LogP contribution in [0.1, 0.15) is 38.2 Å². The van der Waals surface area contributed by atoms with Gasteiger partial charge in [-0.3, -0.25) is 0 Å². The van der Waals surface area contributed by atoms with E-state index in [1.807, 2.05) is 31.2 Å². The standard InChI is InChI=1S/C29H38F3N5O3/c1-20-3-4-23(33-27(38)37-8-5-21(19-37)18-29(30,31)32)17-24(20)22-15-25(35-28(2)6-11-39-12-7-28)34-26(16-22)36-9-13-40-14-10-36/h3-4,15-17,21H,5-14,18-19H2,1-2H3,(H,33,38)(H,34,35). The normalized spacial score (nSPS) is 21.4. The summed E-state index contributed by atoms with van der Waals surface area (Å²) in [5, 5.41) is 6.57. The monoisotopic (exact) mass is 561 g/mol. The SMILES string of the molecule is Cc1ccc(NC(=O)N2CCC(CC(F)(F)F)C2)cc1-c1cc(NC2(C)CCOCC2)nc(N2CCOCC2)c1. The zero-order chi connectivity index (χ0) is 28.3. The van der Waals surface area contributed by atoms with Crippen molar-refractivity contribution in [2.24, 2.45) is 5.92 Å². The number of likely N-dealkylation sites (tertiary alicyclic amines) is 1. The number of alkyl halides is 3. The molecule has 8 nitrogen and oxygen atoms in total. The van der Waals surface area contributed by atoms with E-state index in [-0.39, 0.29) is 18.1 Å². The molecule has 1 aromatic carbocycles. The minimum atomic E-state index is -4.22. The average molecular weight is 562 g/mol. The molecule has 3 saturated heterocycles. The van der Waals surface area contributed by atoms with Crippen molar-refractivity contribution in [3.05, 3.63) is 35.9 Å². The quantitative estimate of drug-likeness (QED) is 0.473. The Hall–Kier alpha value is -3.05. The minimum Gasteiger partial charge on any atom is -0.381 e. The Bertz CT molecular complexity index is 1200. The molecule has 3 fully saturated rings. The number of anilines is 3. The highest BCUT2D eigenvalue weighted by Crippen LogP contribution is 2.34. The maximum atomic E-state index is 12.9. The number of nitrogens with one attached hydrogen (secondary N) is 2. The van der Waals surface area contributed by atoms with Crippen molar-refractivity contribution in [1.29, 1.82) is 0 Å². The third-order valence-corrected chi connectivity index (χ3v) is 8.07. The van der Waals surface area contributed by atoms with Crippen LogP contribution in [0.5, 0.6) is 0 Å². The van der Waals surface area contributed by atoms with Crippen LogP contribution in [0.2, 0.25) is 0 Å². The first-order valence-electron chi connectivity index (χ1n) is 14.0. The molecule has 3 aliphatic heterocycles. The molecule has 2 N–H and O–H groups in total. The molecule has 0 bridgehead atoms. The number of ether oxygens (including phenoxy) is 2. The number of hydrogen-bond acceptors (Lipinski definition) is 6. The zero-order valence-electron chi connectivity index (χ0n) is 23.1. The van der Waals surface area contributed by atoms with Crippen LogP contribution in [-0.4, -0.2) is 80.2 Å². The van der Waals surface area contributed by atoms with Gasteiger partial charge in [-0.25, -0.2) is 9.78 Å². The summed E-state index contributed by atoms with van der Waals surface area (Å²) in [6.07, 6.45) is -2.96. The number of benzene rings is 1. The molecule has 2 amide bonds. The third kappa shape index (κ3) is 7.17. The summed E-state index contributed by atoms with van der Waals surface area (Å²) in [4.78, 5) is 21.6. The molecule has 0 aliphatic carbocycles. The highest BCUT2D eigenvalue weighted by Gasteiger charge is 2.36. The molecule has 1 unspecified atom stereocenters. The Morgan fingerprint density at radius 1 is 1.07 bits per heavy atom. The Morgan fingerprint density at radius 3 is 2.52 bits per heavy atom. The number of nitrogens with zero attached hydrogens (tertiary/aromatic N) is 3. The predicted octanol–water partition coefficient (Wildman–Crippen LogP) is 5.68. The van der Waals surface area contributed by atoms with E-state index in [0.29, 0.717) is 45.1 Å². The van der Waals surface area contributed by atoms with E-state index >= 15 is 0 Å². The van der Waals surface area contributed by atoms with Crippen molar-refractivity contribution in [3.63, 3.8) is 0 Å². The van der Waals surface area contributed by atoms with Crippen LogP contribution < -0.4 is 15.5 Å². The molecule has 218 valence electrons. The number of halogens is 3. The van der Waals surface area contributed by atoms with Crippen LogP contribution in [0.3, 0.4) is 0 Å². The summed E-state index contributed by atoms with van der Waals surface area (Å²) in [7, 11) is 0. The molecule has 4 heterocycles. The first-order chi connectivity index (χ1) is 19.1. The first-order valence-corrected chi connectivity index (χ1v) is 14.0. The molecule has 40 heavy (non-hydrogen) atoms. The molecule has 3 aliphatic rings. The fraction of sp³-hybridized carbons (Fsp3) is 0.586. The fourth-order valence-electron chi connectivity index (χ4n) is 5.67. The zero-order valence-corrected chi connectivity index (χ0v) is 23.1. The number of aromatic nitrogens is 1. The lowest BCUT2D eigenvalue weighted by Gasteiger charge is -2.35. The summed E-state index contributed by atoms with van der Waals surface area (Å²) >= 11 is 0. The smallest absolute Gasteiger partial charge is 0.381 e. The number of pyridine rings is 1. The van der Waals surface area contributed by atoms with Gasteiger partial charge >= 0.3 is 12.2 Å². The number of morpholine rings is 1. The van der Waals surface area contributed by atoms with Gasteiger partial charge in [0, 0.05) is 57.0 Å². The molecule has 0 radical (unpaired) electrons. The van der Waals surface area contributed by atoms with E-state index < -0.39 is 18.5 Å². The van der Waals surface area contributed by atoms with Gasteiger partial charge in [0.15, 0.2) is 0 Å². The Balaban J connectivity index is 1.38. The molecule has 0 saturated carbocycles. The predicted molar refractivity (Wildman–Crippen MR) is 149 cm³/mol. The van der Waals surface area contributed by atoms with E-state index in [4.69, 9.17) is 14.5 Å². The van der Waals surface area contributed by atoms with Crippen molar-refractivity contribution >= 4 is 23.4 Å². The Kier molecular flexibility index (Phi) is 8.42. The van der Waals surface area contributed by atoms with Crippen LogP contribution in [0.25, 0.3) is 11.1 Å². The van der Waals surface area contributed by atoms with Gasteiger partial charge in [0.1, 0.15) is 11.6 Å². The summed E-state index contributed by atoms with van der Waals surface area (Å²) < 4.78 is 49.6. The lowest BCUT2D eigenvalue weighted by molar-refractivity contribution is -0.143. The molecule has 1 atom stereocenters. The minimum absolute atomic E-state index is 0.107. The van der Waals surface area contributed by atoms with Gasteiger partial charge in [-0.2, -0.15) is 13.2 Å². The number of amides is 2. The topological polar surface area (TPSA) is 79.0 Å². The van der Waals surface area contributed by atoms with Crippen molar-refractivity contribution < 1.29 is 27.4 Å². The van der Waals surface area contributed by atoms with E-state index in [1.54, 1.807) is 0 Å². The number of hydrogen-bond donors (Lipinski definition) is 2. The third-order valence-electron chi connectivity index (χ3n) is 8.07. The van der Waals surface area contributed by atoms with Gasteiger partial charge in [-0.15, -0.1) is 0 Å². The molecular formula is C29H38F3N5O3. The Labute approximate surface area is 233 Å². The summed E-state index contributed by atoms with van der Waals surface area (Å²) in [6.45, 7) is 8.83. The summed E-state index contributed by atoms with van der Waals surface area (Å²) in [6, 6.07) is 9.43. The molecular weight excluding hydrogens is 523 g/mol. The van der Waals surface area contributed by atoms with Crippen LogP contribution >= 0.6 is 0 Å². The van der Waals surface area contributed by atoms with Crippen molar-refractivity contribution in [2.45, 2.75) is 51.2 Å². The van der Waals surface area contributed by atoms with Crippen LogP contribution in [-0.2, 0) is 9.47 Å². The maximum Gasteiger partial charge on any atom is 0.389 e. The number of urea groups is 1. The maximum absolute atomic E-state index is 12.9. The van der Waals surface area contributed by atoms with Crippen molar-refractivity contribution in [2.75, 3.05) is 68.1 Å². The second-order valence-electron chi connectivity index (χ2n) is 11.4. The lowest BCUT2D eigenvalue weighted by atomic mass is 9.92. The number of carbonyl (C=O) groups excluding carboxylic acids is 1. The van der Waals surface area contributed by atoms with Gasteiger partial charge in [0.25, 0.3) is 0 Å². The largest absolute Gasteiger partial charge is 0.389 e. The van der Waals surface area contributed by atoms with E-state index in [2.05, 4.69) is 28.5 Å². The van der Waals surface area contributed by atoms with E-state index in [9.17, 15) is 18.0 Å². The number of aryl methyl sites for hydroxylation is 1. The van der Waals surface area contributed by atoms with Crippen LogP contribution in [0, 0.1) is 12.8 Å².